The number of ether oxygens (including phenoxy) is 1. The molecule has 2 N–H and O–H groups in total. The van der Waals surface area contributed by atoms with Crippen LogP contribution >= 0.6 is 12.4 Å². The second kappa shape index (κ2) is 7.32. The van der Waals surface area contributed by atoms with Gasteiger partial charge in [-0.15, -0.1) is 12.4 Å². The van der Waals surface area contributed by atoms with Gasteiger partial charge in [-0.3, -0.25) is 4.90 Å². The van der Waals surface area contributed by atoms with Gasteiger partial charge in [0.25, 0.3) is 0 Å². The summed E-state index contributed by atoms with van der Waals surface area (Å²) in [6, 6.07) is 13.1. The number of likely N-dealkylation sites (tertiary alicyclic amines) is 1. The maximum absolute atomic E-state index is 6.04. The van der Waals surface area contributed by atoms with Crippen molar-refractivity contribution in [2.24, 2.45) is 11.7 Å². The molecule has 120 valence electrons. The molecule has 1 saturated heterocycles. The van der Waals surface area contributed by atoms with Crippen LogP contribution in [0.4, 0.5) is 0 Å². The van der Waals surface area contributed by atoms with Crippen molar-refractivity contribution in [3.05, 3.63) is 42.0 Å². The lowest BCUT2D eigenvalue weighted by molar-refractivity contribution is 0.309. The smallest absolute Gasteiger partial charge is 0.126 e. The Morgan fingerprint density at radius 1 is 1.23 bits per heavy atom. The van der Waals surface area contributed by atoms with Crippen molar-refractivity contribution in [1.29, 1.82) is 0 Å². The first-order valence-electron chi connectivity index (χ1n) is 7.71. The lowest BCUT2D eigenvalue weighted by Gasteiger charge is -2.19. The van der Waals surface area contributed by atoms with Gasteiger partial charge in [0, 0.05) is 24.5 Å². The molecule has 4 heteroatoms. The van der Waals surface area contributed by atoms with Gasteiger partial charge in [-0.2, -0.15) is 0 Å². The number of hydrogen-bond donors (Lipinski definition) is 1. The zero-order valence-electron chi connectivity index (χ0n) is 13.3. The summed E-state index contributed by atoms with van der Waals surface area (Å²) in [7, 11) is 1.73. The van der Waals surface area contributed by atoms with E-state index in [2.05, 4.69) is 48.2 Å². The molecule has 0 amide bonds. The number of hydrogen-bond acceptors (Lipinski definition) is 3. The van der Waals surface area contributed by atoms with Crippen molar-refractivity contribution in [3.63, 3.8) is 0 Å². The summed E-state index contributed by atoms with van der Waals surface area (Å²) >= 11 is 0. The van der Waals surface area contributed by atoms with Crippen molar-refractivity contribution < 1.29 is 4.74 Å². The number of halogens is 1. The predicted molar refractivity (Wildman–Crippen MR) is 94.8 cm³/mol. The van der Waals surface area contributed by atoms with Crippen molar-refractivity contribution in [2.45, 2.75) is 25.9 Å². The van der Waals surface area contributed by atoms with E-state index in [1.54, 1.807) is 7.11 Å². The van der Waals surface area contributed by atoms with Crippen LogP contribution < -0.4 is 10.5 Å². The third-order valence-electron chi connectivity index (χ3n) is 4.64. The predicted octanol–water partition coefficient (Wildman–Crippen LogP) is 3.44. The molecular formula is C18H25ClN2O. The largest absolute Gasteiger partial charge is 0.496 e. The maximum Gasteiger partial charge on any atom is 0.126 e. The molecule has 3 rings (SSSR count). The molecular weight excluding hydrogens is 296 g/mol. The van der Waals surface area contributed by atoms with E-state index in [0.717, 1.165) is 25.4 Å². The average molecular weight is 321 g/mol. The summed E-state index contributed by atoms with van der Waals surface area (Å²) in [4.78, 5) is 2.52. The van der Waals surface area contributed by atoms with E-state index in [0.29, 0.717) is 12.0 Å². The van der Waals surface area contributed by atoms with Crippen LogP contribution in [-0.2, 0) is 6.54 Å². The number of nitrogens with two attached hydrogens (primary N) is 1. The molecule has 22 heavy (non-hydrogen) atoms. The van der Waals surface area contributed by atoms with Gasteiger partial charge < -0.3 is 10.5 Å². The van der Waals surface area contributed by atoms with Gasteiger partial charge in [0.05, 0.1) is 7.11 Å². The zero-order chi connectivity index (χ0) is 14.8. The Bertz CT molecular complexity index is 630. The second-order valence-corrected chi connectivity index (χ2v) is 6.12. The normalized spacial score (nSPS) is 19.9. The molecule has 2 atom stereocenters. The highest BCUT2D eigenvalue weighted by molar-refractivity contribution is 5.91. The first kappa shape index (κ1) is 17.1. The van der Waals surface area contributed by atoms with Crippen molar-refractivity contribution in [3.8, 4) is 5.75 Å². The van der Waals surface area contributed by atoms with E-state index < -0.39 is 0 Å². The SMILES string of the molecule is COc1ccc(CN2CCC(C(C)N)C2)c2ccccc12.Cl. The lowest BCUT2D eigenvalue weighted by Crippen LogP contribution is -2.29. The average Bonchev–Trinajstić information content (AvgIpc) is 2.96. The minimum absolute atomic E-state index is 0. The summed E-state index contributed by atoms with van der Waals surface area (Å²) in [5, 5.41) is 2.49. The summed E-state index contributed by atoms with van der Waals surface area (Å²) in [6.07, 6.45) is 1.21. The summed E-state index contributed by atoms with van der Waals surface area (Å²) < 4.78 is 5.47. The maximum atomic E-state index is 6.04. The number of methoxy groups -OCH3 is 1. The van der Waals surface area contributed by atoms with Crippen molar-refractivity contribution >= 4 is 23.2 Å². The fourth-order valence-corrected chi connectivity index (χ4v) is 3.33. The number of nitrogens with zero attached hydrogens (tertiary/aromatic N) is 1. The molecule has 1 aliphatic rings. The Kier molecular flexibility index (Phi) is 5.68. The fourth-order valence-electron chi connectivity index (χ4n) is 3.33. The highest BCUT2D eigenvalue weighted by Crippen LogP contribution is 2.30. The molecule has 0 bridgehead atoms. The Morgan fingerprint density at radius 3 is 2.59 bits per heavy atom. The summed E-state index contributed by atoms with van der Waals surface area (Å²) in [5.74, 6) is 1.58. The summed E-state index contributed by atoms with van der Waals surface area (Å²) in [5.41, 5.74) is 7.41. The molecule has 2 unspecified atom stereocenters. The molecule has 0 aliphatic carbocycles. The molecule has 1 heterocycles. The van der Waals surface area contributed by atoms with Gasteiger partial charge in [0.1, 0.15) is 5.75 Å². The minimum Gasteiger partial charge on any atom is -0.496 e. The van der Waals surface area contributed by atoms with Crippen LogP contribution in [0.25, 0.3) is 10.8 Å². The van der Waals surface area contributed by atoms with Gasteiger partial charge in [0.2, 0.25) is 0 Å². The number of benzene rings is 2. The van der Waals surface area contributed by atoms with Crippen molar-refractivity contribution in [1.82, 2.24) is 4.90 Å². The first-order chi connectivity index (χ1) is 10.2. The topological polar surface area (TPSA) is 38.5 Å². The van der Waals surface area contributed by atoms with Gasteiger partial charge in [-0.05, 0) is 42.8 Å². The third kappa shape index (κ3) is 3.37. The van der Waals surface area contributed by atoms with Gasteiger partial charge >= 0.3 is 0 Å². The highest BCUT2D eigenvalue weighted by atomic mass is 35.5. The van der Waals surface area contributed by atoms with E-state index in [1.165, 1.54) is 22.8 Å². The van der Waals surface area contributed by atoms with Crippen LogP contribution in [0.15, 0.2) is 36.4 Å². The summed E-state index contributed by atoms with van der Waals surface area (Å²) in [6.45, 7) is 5.37. The van der Waals surface area contributed by atoms with Crippen LogP contribution in [0.5, 0.6) is 5.75 Å². The molecule has 2 aromatic carbocycles. The van der Waals surface area contributed by atoms with Crippen molar-refractivity contribution in [2.75, 3.05) is 20.2 Å². The highest BCUT2D eigenvalue weighted by Gasteiger charge is 2.25. The van der Waals surface area contributed by atoms with Crippen LogP contribution in [-0.4, -0.2) is 31.1 Å². The Hall–Kier alpha value is -1.29. The minimum atomic E-state index is 0. The Morgan fingerprint density at radius 2 is 1.95 bits per heavy atom. The van der Waals surface area contributed by atoms with E-state index in [9.17, 15) is 0 Å². The quantitative estimate of drug-likeness (QED) is 0.938. The lowest BCUT2D eigenvalue weighted by atomic mass is 10.0. The molecule has 0 spiro atoms. The fraction of sp³-hybridized carbons (Fsp3) is 0.444. The van der Waals surface area contributed by atoms with Crippen LogP contribution in [0.2, 0.25) is 0 Å². The Labute approximate surface area is 138 Å². The monoisotopic (exact) mass is 320 g/mol. The molecule has 1 fully saturated rings. The second-order valence-electron chi connectivity index (χ2n) is 6.12. The van der Waals surface area contributed by atoms with E-state index in [1.807, 2.05) is 0 Å². The van der Waals surface area contributed by atoms with Gasteiger partial charge in [0.15, 0.2) is 0 Å². The molecule has 1 aliphatic heterocycles. The molecule has 0 aromatic heterocycles. The van der Waals surface area contributed by atoms with Gasteiger partial charge in [-0.1, -0.05) is 30.3 Å². The van der Waals surface area contributed by atoms with Crippen LogP contribution in [0.3, 0.4) is 0 Å². The van der Waals surface area contributed by atoms with Gasteiger partial charge in [-0.25, -0.2) is 0 Å². The standard InChI is InChI=1S/C18H24N2O.ClH/c1-13(19)14-9-10-20(11-14)12-15-7-8-18(21-2)17-6-4-3-5-16(15)17;/h3-8,13-14H,9-12,19H2,1-2H3;1H. The molecule has 2 aromatic rings. The first-order valence-corrected chi connectivity index (χ1v) is 7.71. The van der Waals surface area contributed by atoms with E-state index >= 15 is 0 Å². The Balaban J connectivity index is 0.00000176. The molecule has 0 radical (unpaired) electrons. The number of fused-ring (bicyclic) bond motifs is 1. The third-order valence-corrected chi connectivity index (χ3v) is 4.64. The zero-order valence-corrected chi connectivity index (χ0v) is 14.1. The molecule has 0 saturated carbocycles. The number of rotatable bonds is 4. The molecule has 3 nitrogen and oxygen atoms in total. The van der Waals surface area contributed by atoms with Crippen LogP contribution in [0, 0.1) is 5.92 Å². The van der Waals surface area contributed by atoms with Crippen LogP contribution in [0.1, 0.15) is 18.9 Å². The van der Waals surface area contributed by atoms with E-state index in [4.69, 9.17) is 10.5 Å². The van der Waals surface area contributed by atoms with E-state index in [-0.39, 0.29) is 12.4 Å².